The monoisotopic (exact) mass is 361 g/mol. The van der Waals surface area contributed by atoms with Crippen molar-refractivity contribution in [3.8, 4) is 0 Å². The summed E-state index contributed by atoms with van der Waals surface area (Å²) in [6, 6.07) is 16.6. The summed E-state index contributed by atoms with van der Waals surface area (Å²) in [5.41, 5.74) is 4.56. The molecular weight excluding hydrogens is 334 g/mol. The van der Waals surface area contributed by atoms with Gasteiger partial charge in [-0.1, -0.05) is 18.2 Å². The molecule has 0 radical (unpaired) electrons. The van der Waals surface area contributed by atoms with Crippen LogP contribution in [-0.2, 0) is 11.3 Å². The Hall–Kier alpha value is -2.75. The van der Waals surface area contributed by atoms with Gasteiger partial charge in [-0.05, 0) is 62.1 Å². The van der Waals surface area contributed by atoms with Crippen LogP contribution in [0.5, 0.6) is 0 Å². The lowest BCUT2D eigenvalue weighted by Gasteiger charge is -2.28. The Labute approximate surface area is 160 Å². The Morgan fingerprint density at radius 1 is 1.00 bits per heavy atom. The van der Waals surface area contributed by atoms with Gasteiger partial charge in [0.25, 0.3) is 0 Å². The van der Waals surface area contributed by atoms with Crippen LogP contribution in [0.3, 0.4) is 0 Å². The van der Waals surface area contributed by atoms with Gasteiger partial charge in [0.05, 0.1) is 0 Å². The van der Waals surface area contributed by atoms with Gasteiger partial charge in [-0.3, -0.25) is 4.79 Å². The molecule has 4 rings (SSSR count). The molecule has 0 bridgehead atoms. The zero-order valence-corrected chi connectivity index (χ0v) is 15.9. The van der Waals surface area contributed by atoms with Gasteiger partial charge in [0.2, 0.25) is 5.91 Å². The van der Waals surface area contributed by atoms with Gasteiger partial charge in [0.15, 0.2) is 0 Å². The number of amides is 1. The van der Waals surface area contributed by atoms with Crippen LogP contribution in [0.15, 0.2) is 54.7 Å². The third-order valence-corrected chi connectivity index (χ3v) is 5.44. The first-order chi connectivity index (χ1) is 13.2. The number of carbonyl (C=O) groups is 1. The highest BCUT2D eigenvalue weighted by molar-refractivity contribution is 5.91. The van der Waals surface area contributed by atoms with Crippen LogP contribution in [0.2, 0.25) is 0 Å². The van der Waals surface area contributed by atoms with E-state index in [1.807, 2.05) is 18.2 Å². The second-order valence-corrected chi connectivity index (χ2v) is 7.42. The molecule has 1 amide bonds. The number of hydrogen-bond acceptors (Lipinski definition) is 2. The number of aromatic nitrogens is 1. The second-order valence-electron chi connectivity index (χ2n) is 7.42. The number of benzene rings is 2. The quantitative estimate of drug-likeness (QED) is 0.697. The smallest absolute Gasteiger partial charge is 0.226 e. The lowest BCUT2D eigenvalue weighted by molar-refractivity contribution is -0.116. The molecule has 2 heterocycles. The number of nitrogens with zero attached hydrogens (tertiary/aromatic N) is 2. The van der Waals surface area contributed by atoms with E-state index in [1.165, 1.54) is 41.4 Å². The minimum Gasteiger partial charge on any atom is -0.372 e. The van der Waals surface area contributed by atoms with E-state index < -0.39 is 0 Å². The van der Waals surface area contributed by atoms with Crippen LogP contribution in [-0.4, -0.2) is 23.6 Å². The number of aryl methyl sites for hydroxylation is 2. The number of para-hydroxylation sites is 1. The number of rotatable bonds is 5. The fraction of sp³-hybridized carbons (Fsp3) is 0.348. The summed E-state index contributed by atoms with van der Waals surface area (Å²) < 4.78 is 2.17. The molecule has 0 aliphatic carbocycles. The van der Waals surface area contributed by atoms with Crippen molar-refractivity contribution in [2.75, 3.05) is 23.3 Å². The minimum atomic E-state index is 0.0520. The maximum Gasteiger partial charge on any atom is 0.226 e. The first-order valence-electron chi connectivity index (χ1n) is 9.90. The third kappa shape index (κ3) is 4.00. The average Bonchev–Trinajstić information content (AvgIpc) is 3.04. The molecule has 1 aliphatic rings. The van der Waals surface area contributed by atoms with Crippen LogP contribution in [0, 0.1) is 6.92 Å². The summed E-state index contributed by atoms with van der Waals surface area (Å²) in [5, 5.41) is 4.28. The van der Waals surface area contributed by atoms with Crippen molar-refractivity contribution in [1.82, 2.24) is 4.57 Å². The fourth-order valence-electron chi connectivity index (χ4n) is 3.97. The number of piperidine rings is 1. The standard InChI is InChI=1S/C23H27N3O/c1-18-17-26(22-8-4-3-7-21(18)22)16-13-23(27)24-19-9-11-20(12-10-19)25-14-5-2-6-15-25/h3-4,7-12,17H,2,5-6,13-16H2,1H3,(H,24,27). The summed E-state index contributed by atoms with van der Waals surface area (Å²) >= 11 is 0. The normalized spacial score (nSPS) is 14.5. The Morgan fingerprint density at radius 3 is 2.52 bits per heavy atom. The number of nitrogens with one attached hydrogen (secondary N) is 1. The lowest BCUT2D eigenvalue weighted by atomic mass is 10.1. The third-order valence-electron chi connectivity index (χ3n) is 5.44. The van der Waals surface area contributed by atoms with E-state index in [2.05, 4.69) is 58.2 Å². The van der Waals surface area contributed by atoms with Crippen LogP contribution in [0.1, 0.15) is 31.2 Å². The Bertz CT molecular complexity index is 920. The van der Waals surface area contributed by atoms with Crippen molar-refractivity contribution in [3.05, 3.63) is 60.3 Å². The molecule has 140 valence electrons. The summed E-state index contributed by atoms with van der Waals surface area (Å²) in [6.07, 6.45) is 6.47. The van der Waals surface area contributed by atoms with Crippen LogP contribution < -0.4 is 10.2 Å². The second kappa shape index (κ2) is 7.87. The van der Waals surface area contributed by atoms with Crippen molar-refractivity contribution in [1.29, 1.82) is 0 Å². The molecule has 1 saturated heterocycles. The zero-order chi connectivity index (χ0) is 18.6. The SMILES string of the molecule is Cc1cn(CCC(=O)Nc2ccc(N3CCCCC3)cc2)c2ccccc12. The number of fused-ring (bicyclic) bond motifs is 1. The highest BCUT2D eigenvalue weighted by atomic mass is 16.1. The number of anilines is 2. The maximum absolute atomic E-state index is 12.4. The van der Waals surface area contributed by atoms with E-state index >= 15 is 0 Å². The van der Waals surface area contributed by atoms with Crippen LogP contribution >= 0.6 is 0 Å². The molecule has 4 heteroatoms. The van der Waals surface area contributed by atoms with Crippen molar-refractivity contribution in [3.63, 3.8) is 0 Å². The molecule has 2 aromatic carbocycles. The summed E-state index contributed by atoms with van der Waals surface area (Å²) in [6.45, 7) is 5.07. The molecule has 0 saturated carbocycles. The Balaban J connectivity index is 1.35. The minimum absolute atomic E-state index is 0.0520. The summed E-state index contributed by atoms with van der Waals surface area (Å²) in [4.78, 5) is 14.8. The fourth-order valence-corrected chi connectivity index (χ4v) is 3.97. The van der Waals surface area contributed by atoms with Crippen molar-refractivity contribution < 1.29 is 4.79 Å². The molecule has 0 unspecified atom stereocenters. The van der Waals surface area contributed by atoms with E-state index in [4.69, 9.17) is 0 Å². The largest absolute Gasteiger partial charge is 0.372 e. The van der Waals surface area contributed by atoms with Gasteiger partial charge < -0.3 is 14.8 Å². The van der Waals surface area contributed by atoms with Crippen LogP contribution in [0.4, 0.5) is 11.4 Å². The molecule has 1 fully saturated rings. The van der Waals surface area contributed by atoms with Crippen molar-refractivity contribution in [2.45, 2.75) is 39.2 Å². The van der Waals surface area contributed by atoms with Crippen molar-refractivity contribution in [2.24, 2.45) is 0 Å². The Kier molecular flexibility index (Phi) is 5.14. The van der Waals surface area contributed by atoms with Gasteiger partial charge in [-0.25, -0.2) is 0 Å². The predicted molar refractivity (Wildman–Crippen MR) is 112 cm³/mol. The molecule has 27 heavy (non-hydrogen) atoms. The lowest BCUT2D eigenvalue weighted by Crippen LogP contribution is -2.29. The molecule has 1 aromatic heterocycles. The first-order valence-corrected chi connectivity index (χ1v) is 9.90. The highest BCUT2D eigenvalue weighted by Crippen LogP contribution is 2.23. The number of hydrogen-bond donors (Lipinski definition) is 1. The van der Waals surface area contributed by atoms with Gasteiger partial charge in [0, 0.05) is 54.5 Å². The summed E-state index contributed by atoms with van der Waals surface area (Å²) in [5.74, 6) is 0.0520. The molecule has 1 aliphatic heterocycles. The van der Waals surface area contributed by atoms with E-state index in [1.54, 1.807) is 0 Å². The first kappa shape index (κ1) is 17.7. The van der Waals surface area contributed by atoms with Gasteiger partial charge in [0.1, 0.15) is 0 Å². The van der Waals surface area contributed by atoms with E-state index in [9.17, 15) is 4.79 Å². The van der Waals surface area contributed by atoms with Gasteiger partial charge in [-0.15, -0.1) is 0 Å². The zero-order valence-electron chi connectivity index (χ0n) is 15.9. The number of carbonyl (C=O) groups excluding carboxylic acids is 1. The topological polar surface area (TPSA) is 37.3 Å². The molecular formula is C23H27N3O. The van der Waals surface area contributed by atoms with Crippen LogP contribution in [0.25, 0.3) is 10.9 Å². The molecule has 1 N–H and O–H groups in total. The van der Waals surface area contributed by atoms with E-state index in [0.29, 0.717) is 13.0 Å². The van der Waals surface area contributed by atoms with Crippen molar-refractivity contribution >= 4 is 28.2 Å². The molecule has 0 atom stereocenters. The Morgan fingerprint density at radius 2 is 1.74 bits per heavy atom. The molecule has 4 nitrogen and oxygen atoms in total. The average molecular weight is 361 g/mol. The molecule has 0 spiro atoms. The highest BCUT2D eigenvalue weighted by Gasteiger charge is 2.11. The van der Waals surface area contributed by atoms with Gasteiger partial charge >= 0.3 is 0 Å². The summed E-state index contributed by atoms with van der Waals surface area (Å²) in [7, 11) is 0. The maximum atomic E-state index is 12.4. The van der Waals surface area contributed by atoms with E-state index in [-0.39, 0.29) is 5.91 Å². The van der Waals surface area contributed by atoms with Gasteiger partial charge in [-0.2, -0.15) is 0 Å². The van der Waals surface area contributed by atoms with E-state index in [0.717, 1.165) is 18.8 Å². The molecule has 3 aromatic rings. The predicted octanol–water partition coefficient (Wildman–Crippen LogP) is 4.97.